The first-order valence-corrected chi connectivity index (χ1v) is 12.6. The van der Waals surface area contributed by atoms with Crippen LogP contribution in [0.1, 0.15) is 23.0 Å². The lowest BCUT2D eigenvalue weighted by Gasteiger charge is -2.16. The van der Waals surface area contributed by atoms with E-state index in [9.17, 15) is 14.7 Å². The summed E-state index contributed by atoms with van der Waals surface area (Å²) in [4.78, 5) is 38.4. The first-order chi connectivity index (χ1) is 18.0. The number of hydrogen-bond acceptors (Lipinski definition) is 10. The van der Waals surface area contributed by atoms with Crippen molar-refractivity contribution in [3.63, 3.8) is 0 Å². The molecule has 2 aromatic carbocycles. The fraction of sp³-hybridized carbons (Fsp3) is 0.240. The number of para-hydroxylation sites is 1. The zero-order chi connectivity index (χ0) is 25.8. The van der Waals surface area contributed by atoms with Crippen LogP contribution >= 0.6 is 11.8 Å². The molecule has 1 saturated heterocycles. The maximum Gasteiger partial charge on any atom is 0.513 e. The van der Waals surface area contributed by atoms with Crippen LogP contribution in [0.25, 0.3) is 11.2 Å². The molecule has 190 valence electrons. The molecule has 0 aliphatic carbocycles. The molecule has 4 aromatic rings. The van der Waals surface area contributed by atoms with Crippen molar-refractivity contribution in [1.29, 1.82) is 0 Å². The van der Waals surface area contributed by atoms with Crippen molar-refractivity contribution < 1.29 is 28.9 Å². The van der Waals surface area contributed by atoms with Gasteiger partial charge in [-0.25, -0.2) is 19.7 Å². The van der Waals surface area contributed by atoms with Crippen molar-refractivity contribution in [3.8, 4) is 5.75 Å². The van der Waals surface area contributed by atoms with E-state index in [0.717, 1.165) is 4.90 Å². The Labute approximate surface area is 215 Å². The number of carbonyl (C=O) groups excluding carboxylic acids is 2. The molecule has 1 fully saturated rings. The Hall–Kier alpha value is -4.00. The highest BCUT2D eigenvalue weighted by molar-refractivity contribution is 7.98. The topological polar surface area (TPSA) is 138 Å². The summed E-state index contributed by atoms with van der Waals surface area (Å²) in [7, 11) is 0. The van der Waals surface area contributed by atoms with Crippen LogP contribution in [-0.2, 0) is 9.47 Å². The Bertz CT molecular complexity index is 1420. The van der Waals surface area contributed by atoms with Gasteiger partial charge in [0, 0.05) is 12.0 Å². The monoisotopic (exact) mass is 521 g/mol. The molecule has 11 nitrogen and oxygen atoms in total. The molecule has 3 heterocycles. The fourth-order valence-corrected chi connectivity index (χ4v) is 4.46. The average Bonchev–Trinajstić information content (AvgIpc) is 3.52. The number of nitrogens with one attached hydrogen (secondary N) is 1. The lowest BCUT2D eigenvalue weighted by Crippen LogP contribution is -2.28. The summed E-state index contributed by atoms with van der Waals surface area (Å²) in [6, 6.07) is 15.9. The zero-order valence-corrected chi connectivity index (χ0v) is 20.5. The van der Waals surface area contributed by atoms with Crippen LogP contribution in [0.3, 0.4) is 0 Å². The first-order valence-electron chi connectivity index (χ1n) is 11.4. The molecule has 37 heavy (non-hydrogen) atoms. The van der Waals surface area contributed by atoms with Crippen molar-refractivity contribution in [2.75, 3.05) is 18.2 Å². The van der Waals surface area contributed by atoms with Crippen molar-refractivity contribution in [2.24, 2.45) is 0 Å². The van der Waals surface area contributed by atoms with Gasteiger partial charge in [0.25, 0.3) is 5.91 Å². The van der Waals surface area contributed by atoms with E-state index in [4.69, 9.17) is 14.2 Å². The number of aromatic nitrogens is 4. The van der Waals surface area contributed by atoms with Crippen molar-refractivity contribution >= 4 is 40.8 Å². The van der Waals surface area contributed by atoms with E-state index in [-0.39, 0.29) is 24.8 Å². The molecular weight excluding hydrogens is 498 g/mol. The number of amides is 1. The standard InChI is InChI=1S/C25H23N5O6S/c1-37-19-10-6-5-9-17(19)36-25(33)34-12-18-16(31)11-20(35-18)30-14-28-21-22(26-13-27-23(21)30)29-24(32)15-7-3-2-4-8-15/h2-10,13-14,16,18,20,31H,11-12H2,1H3,(H,26,27,29,32)/t16-,18+,20+/m0/s1. The lowest BCUT2D eigenvalue weighted by atomic mass is 10.2. The van der Waals surface area contributed by atoms with Gasteiger partial charge in [-0.3, -0.25) is 9.36 Å². The lowest BCUT2D eigenvalue weighted by molar-refractivity contribution is -0.0514. The molecular formula is C25H23N5O6S. The number of thioether (sulfide) groups is 1. The maximum absolute atomic E-state index is 12.6. The van der Waals surface area contributed by atoms with Gasteiger partial charge in [-0.15, -0.1) is 11.8 Å². The fourth-order valence-electron chi connectivity index (χ4n) is 3.93. The highest BCUT2D eigenvalue weighted by atomic mass is 32.2. The molecule has 1 amide bonds. The Morgan fingerprint density at radius 2 is 1.92 bits per heavy atom. The average molecular weight is 522 g/mol. The SMILES string of the molecule is CSc1ccccc1OC(=O)OC[C@H]1O[C@@H](n2cnc3c(NC(=O)c4ccccc4)ncnc32)C[C@@H]1O. The number of benzene rings is 2. The van der Waals surface area contributed by atoms with Crippen LogP contribution < -0.4 is 10.1 Å². The highest BCUT2D eigenvalue weighted by Gasteiger charge is 2.37. The first kappa shape index (κ1) is 24.7. The van der Waals surface area contributed by atoms with Gasteiger partial charge in [0.05, 0.1) is 17.3 Å². The van der Waals surface area contributed by atoms with E-state index in [1.54, 1.807) is 41.0 Å². The van der Waals surface area contributed by atoms with Crippen molar-refractivity contribution in [3.05, 3.63) is 72.8 Å². The molecule has 12 heteroatoms. The summed E-state index contributed by atoms with van der Waals surface area (Å²) in [5, 5.41) is 13.3. The Balaban J connectivity index is 1.24. The number of aliphatic hydroxyl groups excluding tert-OH is 1. The second kappa shape index (κ2) is 10.9. The van der Waals surface area contributed by atoms with Gasteiger partial charge in [-0.05, 0) is 30.5 Å². The minimum Gasteiger partial charge on any atom is -0.431 e. The summed E-state index contributed by atoms with van der Waals surface area (Å²) in [6.45, 7) is -0.196. The second-order valence-corrected chi connectivity index (χ2v) is 8.96. The van der Waals surface area contributed by atoms with Crippen molar-refractivity contribution in [1.82, 2.24) is 19.5 Å². The van der Waals surface area contributed by atoms with Crippen LogP contribution in [0.15, 0.2) is 72.1 Å². The predicted octanol–water partition coefficient (Wildman–Crippen LogP) is 3.66. The van der Waals surface area contributed by atoms with E-state index in [0.29, 0.717) is 22.5 Å². The van der Waals surface area contributed by atoms with Gasteiger partial charge >= 0.3 is 6.16 Å². The van der Waals surface area contributed by atoms with Crippen LogP contribution in [0, 0.1) is 0 Å². The number of carbonyl (C=O) groups is 2. The third-order valence-electron chi connectivity index (χ3n) is 5.77. The maximum atomic E-state index is 12.6. The van der Waals surface area contributed by atoms with Crippen LogP contribution in [0.4, 0.5) is 10.6 Å². The summed E-state index contributed by atoms with van der Waals surface area (Å²) >= 11 is 1.44. The number of nitrogens with zero attached hydrogens (tertiary/aromatic N) is 4. The van der Waals surface area contributed by atoms with Gasteiger partial charge in [-0.1, -0.05) is 30.3 Å². The quantitative estimate of drug-likeness (QED) is 0.210. The van der Waals surface area contributed by atoms with E-state index in [1.807, 2.05) is 24.5 Å². The third-order valence-corrected chi connectivity index (χ3v) is 6.55. The molecule has 2 aromatic heterocycles. The second-order valence-electron chi connectivity index (χ2n) is 8.11. The Kier molecular flexibility index (Phi) is 7.30. The largest absolute Gasteiger partial charge is 0.513 e. The molecule has 5 rings (SSSR count). The number of anilines is 1. The van der Waals surface area contributed by atoms with Gasteiger partial charge in [-0.2, -0.15) is 0 Å². The summed E-state index contributed by atoms with van der Waals surface area (Å²) < 4.78 is 18.1. The molecule has 2 N–H and O–H groups in total. The zero-order valence-electron chi connectivity index (χ0n) is 19.7. The molecule has 0 spiro atoms. The number of imidazole rings is 1. The number of hydrogen-bond donors (Lipinski definition) is 2. The molecule has 0 unspecified atom stereocenters. The van der Waals surface area contributed by atoms with Crippen molar-refractivity contribution in [2.45, 2.75) is 29.8 Å². The number of aliphatic hydroxyl groups is 1. The van der Waals surface area contributed by atoms with E-state index in [1.165, 1.54) is 24.4 Å². The van der Waals surface area contributed by atoms with Crippen LogP contribution in [0.5, 0.6) is 5.75 Å². The third kappa shape index (κ3) is 5.40. The molecule has 3 atom stereocenters. The molecule has 1 aliphatic rings. The Morgan fingerprint density at radius 3 is 2.73 bits per heavy atom. The number of ether oxygens (including phenoxy) is 3. The minimum absolute atomic E-state index is 0.196. The van der Waals surface area contributed by atoms with Gasteiger partial charge in [0.2, 0.25) is 0 Å². The van der Waals surface area contributed by atoms with E-state index >= 15 is 0 Å². The minimum atomic E-state index is -0.896. The normalized spacial score (nSPS) is 19.0. The van der Waals surface area contributed by atoms with E-state index < -0.39 is 24.6 Å². The number of rotatable bonds is 7. The molecule has 0 radical (unpaired) electrons. The van der Waals surface area contributed by atoms with Gasteiger partial charge < -0.3 is 24.6 Å². The Morgan fingerprint density at radius 1 is 1.14 bits per heavy atom. The summed E-state index contributed by atoms with van der Waals surface area (Å²) in [6.07, 6.45) is 1.75. The van der Waals surface area contributed by atoms with E-state index in [2.05, 4.69) is 20.3 Å². The number of fused-ring (bicyclic) bond motifs is 1. The predicted molar refractivity (Wildman–Crippen MR) is 134 cm³/mol. The molecule has 0 saturated carbocycles. The van der Waals surface area contributed by atoms with Gasteiger partial charge in [0.15, 0.2) is 17.0 Å². The van der Waals surface area contributed by atoms with Crippen LogP contribution in [-0.4, -0.2) is 61.8 Å². The highest BCUT2D eigenvalue weighted by Crippen LogP contribution is 2.32. The smallest absolute Gasteiger partial charge is 0.431 e. The summed E-state index contributed by atoms with van der Waals surface area (Å²) in [5.41, 5.74) is 1.28. The molecule has 0 bridgehead atoms. The summed E-state index contributed by atoms with van der Waals surface area (Å²) in [5.74, 6) is 0.321. The van der Waals surface area contributed by atoms with Crippen LogP contribution in [0.2, 0.25) is 0 Å². The van der Waals surface area contributed by atoms with Gasteiger partial charge in [0.1, 0.15) is 31.0 Å². The molecule has 1 aliphatic heterocycles.